The maximum Gasteiger partial charge on any atom is 0.185 e. The van der Waals surface area contributed by atoms with Crippen LogP contribution in [0.2, 0.25) is 5.02 Å². The molecule has 1 saturated heterocycles. The van der Waals surface area contributed by atoms with E-state index in [9.17, 15) is 13.2 Å². The molecule has 0 N–H and O–H groups in total. The van der Waals surface area contributed by atoms with Crippen LogP contribution in [0.3, 0.4) is 0 Å². The summed E-state index contributed by atoms with van der Waals surface area (Å²) < 4.78 is 25.2. The van der Waals surface area contributed by atoms with Gasteiger partial charge < -0.3 is 0 Å². The fraction of sp³-hybridized carbons (Fsp3) is 0.333. The van der Waals surface area contributed by atoms with Gasteiger partial charge in [0.1, 0.15) is 0 Å². The van der Waals surface area contributed by atoms with Gasteiger partial charge in [0.2, 0.25) is 0 Å². The molecule has 2 heterocycles. The van der Waals surface area contributed by atoms with Crippen LogP contribution in [0.15, 0.2) is 30.3 Å². The Hall–Kier alpha value is -1.92. The Balaban J connectivity index is 1.85. The van der Waals surface area contributed by atoms with Crippen molar-refractivity contribution in [1.82, 2.24) is 9.78 Å². The molecule has 0 radical (unpaired) electrons. The molecule has 1 atom stereocenters. The number of hydrogen-bond donors (Lipinski definition) is 0. The Morgan fingerprint density at radius 3 is 2.76 bits per heavy atom. The third-order valence-electron chi connectivity index (χ3n) is 4.45. The van der Waals surface area contributed by atoms with Gasteiger partial charge in [0.05, 0.1) is 23.2 Å². The minimum atomic E-state index is -2.98. The molecule has 132 valence electrons. The van der Waals surface area contributed by atoms with E-state index < -0.39 is 9.84 Å². The molecule has 2 aromatic rings. The van der Waals surface area contributed by atoms with Crippen molar-refractivity contribution in [3.05, 3.63) is 57.9 Å². The van der Waals surface area contributed by atoms with Crippen molar-refractivity contribution in [3.63, 3.8) is 0 Å². The molecule has 7 heteroatoms. The van der Waals surface area contributed by atoms with Crippen LogP contribution >= 0.6 is 11.6 Å². The third-order valence-corrected chi connectivity index (χ3v) is 6.43. The average molecular weight is 379 g/mol. The molecule has 1 aromatic heterocycles. The van der Waals surface area contributed by atoms with Gasteiger partial charge in [-0.15, -0.1) is 0 Å². The van der Waals surface area contributed by atoms with Crippen LogP contribution in [0.4, 0.5) is 0 Å². The SMILES string of the molecule is Cc1nn([C@@H]2CCS(=O)(=O)C2)c(C)c1/C=C/C(=O)c1cccc(Cl)c1. The van der Waals surface area contributed by atoms with E-state index in [2.05, 4.69) is 5.10 Å². The van der Waals surface area contributed by atoms with Crippen LogP contribution in [0, 0.1) is 13.8 Å². The Bertz CT molecular complexity index is 961. The summed E-state index contributed by atoms with van der Waals surface area (Å²) in [6, 6.07) is 6.66. The Kier molecular flexibility index (Phi) is 4.84. The van der Waals surface area contributed by atoms with E-state index in [0.717, 1.165) is 17.0 Å². The van der Waals surface area contributed by atoms with Crippen LogP contribution in [0.5, 0.6) is 0 Å². The summed E-state index contributed by atoms with van der Waals surface area (Å²) in [6.45, 7) is 3.75. The lowest BCUT2D eigenvalue weighted by molar-refractivity contribution is 0.104. The minimum absolute atomic E-state index is 0.125. The molecule has 5 nitrogen and oxygen atoms in total. The predicted molar refractivity (Wildman–Crippen MR) is 98.8 cm³/mol. The number of allylic oxidation sites excluding steroid dienone is 1. The molecule has 1 aromatic carbocycles. The summed E-state index contributed by atoms with van der Waals surface area (Å²) in [6.07, 6.45) is 3.81. The molecule has 1 aliphatic heterocycles. The van der Waals surface area contributed by atoms with Crippen molar-refractivity contribution in [1.29, 1.82) is 0 Å². The molecule has 0 aliphatic carbocycles. The number of hydrogen-bond acceptors (Lipinski definition) is 4. The van der Waals surface area contributed by atoms with Crippen molar-refractivity contribution in [2.75, 3.05) is 11.5 Å². The molecular formula is C18H19ClN2O3S. The molecule has 0 amide bonds. The van der Waals surface area contributed by atoms with Crippen molar-refractivity contribution in [2.24, 2.45) is 0 Å². The van der Waals surface area contributed by atoms with Gasteiger partial charge in [-0.25, -0.2) is 8.42 Å². The highest BCUT2D eigenvalue weighted by atomic mass is 35.5. The van der Waals surface area contributed by atoms with E-state index in [1.807, 2.05) is 13.8 Å². The first-order chi connectivity index (χ1) is 11.8. The smallest absolute Gasteiger partial charge is 0.185 e. The maximum atomic E-state index is 12.3. The number of halogens is 1. The van der Waals surface area contributed by atoms with Crippen molar-refractivity contribution >= 4 is 33.3 Å². The normalized spacial score (nSPS) is 19.6. The summed E-state index contributed by atoms with van der Waals surface area (Å²) in [5, 5.41) is 5.01. The zero-order valence-corrected chi connectivity index (χ0v) is 15.6. The topological polar surface area (TPSA) is 69.0 Å². The van der Waals surface area contributed by atoms with Gasteiger partial charge in [-0.05, 0) is 44.6 Å². The number of nitrogens with zero attached hydrogens (tertiary/aromatic N) is 2. The number of carbonyl (C=O) groups is 1. The van der Waals surface area contributed by atoms with Gasteiger partial charge in [0.15, 0.2) is 15.6 Å². The fourth-order valence-electron chi connectivity index (χ4n) is 3.14. The number of benzene rings is 1. The summed E-state index contributed by atoms with van der Waals surface area (Å²) >= 11 is 5.92. The largest absolute Gasteiger partial charge is 0.289 e. The predicted octanol–water partition coefficient (Wildman–Crippen LogP) is 3.41. The van der Waals surface area contributed by atoms with E-state index in [1.54, 1.807) is 35.0 Å². The van der Waals surface area contributed by atoms with Crippen LogP contribution in [0.1, 0.15) is 39.8 Å². The highest BCUT2D eigenvalue weighted by Crippen LogP contribution is 2.27. The summed E-state index contributed by atoms with van der Waals surface area (Å²) in [7, 11) is -2.98. The summed E-state index contributed by atoms with van der Waals surface area (Å²) in [5.41, 5.74) is 3.01. The minimum Gasteiger partial charge on any atom is -0.289 e. The van der Waals surface area contributed by atoms with E-state index in [4.69, 9.17) is 11.6 Å². The molecule has 0 spiro atoms. The van der Waals surface area contributed by atoms with E-state index in [1.165, 1.54) is 6.08 Å². The van der Waals surface area contributed by atoms with Crippen molar-refractivity contribution < 1.29 is 13.2 Å². The Labute approximate surface area is 152 Å². The first kappa shape index (κ1) is 17.9. The molecule has 25 heavy (non-hydrogen) atoms. The first-order valence-corrected chi connectivity index (χ1v) is 10.2. The fourth-order valence-corrected chi connectivity index (χ4v) is 5.02. The molecule has 0 saturated carbocycles. The lowest BCUT2D eigenvalue weighted by Gasteiger charge is -2.10. The molecule has 1 aliphatic rings. The number of carbonyl (C=O) groups excluding carboxylic acids is 1. The maximum absolute atomic E-state index is 12.3. The second-order valence-corrected chi connectivity index (χ2v) is 8.96. The van der Waals surface area contributed by atoms with Gasteiger partial charge in [-0.3, -0.25) is 9.48 Å². The quantitative estimate of drug-likeness (QED) is 0.604. The molecule has 0 unspecified atom stereocenters. The van der Waals surface area contributed by atoms with Gasteiger partial charge in [-0.2, -0.15) is 5.10 Å². The zero-order chi connectivity index (χ0) is 18.2. The lowest BCUT2D eigenvalue weighted by atomic mass is 10.1. The average Bonchev–Trinajstić information content (AvgIpc) is 3.04. The number of sulfone groups is 1. The Morgan fingerprint density at radius 1 is 1.36 bits per heavy atom. The van der Waals surface area contributed by atoms with Crippen LogP contribution in [-0.2, 0) is 9.84 Å². The van der Waals surface area contributed by atoms with Crippen LogP contribution in [-0.4, -0.2) is 35.5 Å². The van der Waals surface area contributed by atoms with E-state index in [0.29, 0.717) is 17.0 Å². The number of ketones is 1. The van der Waals surface area contributed by atoms with Crippen LogP contribution in [0.25, 0.3) is 6.08 Å². The first-order valence-electron chi connectivity index (χ1n) is 8.01. The van der Waals surface area contributed by atoms with Crippen molar-refractivity contribution in [2.45, 2.75) is 26.3 Å². The second-order valence-electron chi connectivity index (χ2n) is 6.29. The third kappa shape index (κ3) is 3.85. The van der Waals surface area contributed by atoms with E-state index in [-0.39, 0.29) is 23.3 Å². The van der Waals surface area contributed by atoms with E-state index >= 15 is 0 Å². The standard InChI is InChI=1S/C18H19ClN2O3S/c1-12-17(6-7-18(22)14-4-3-5-15(19)10-14)13(2)21(20-12)16-8-9-25(23,24)11-16/h3-7,10,16H,8-9,11H2,1-2H3/b7-6+/t16-/m1/s1. The molecular weight excluding hydrogens is 360 g/mol. The lowest BCUT2D eigenvalue weighted by Crippen LogP contribution is -2.13. The zero-order valence-electron chi connectivity index (χ0n) is 14.1. The number of aryl methyl sites for hydroxylation is 1. The van der Waals surface area contributed by atoms with Crippen molar-refractivity contribution in [3.8, 4) is 0 Å². The summed E-state index contributed by atoms with van der Waals surface area (Å²) in [4.78, 5) is 12.3. The number of rotatable bonds is 4. The van der Waals surface area contributed by atoms with Gasteiger partial charge in [-0.1, -0.05) is 23.7 Å². The molecule has 3 rings (SSSR count). The van der Waals surface area contributed by atoms with Gasteiger partial charge >= 0.3 is 0 Å². The van der Waals surface area contributed by atoms with Gasteiger partial charge in [0.25, 0.3) is 0 Å². The highest BCUT2D eigenvalue weighted by Gasteiger charge is 2.31. The second kappa shape index (κ2) is 6.77. The molecule has 1 fully saturated rings. The molecule has 0 bridgehead atoms. The monoisotopic (exact) mass is 378 g/mol. The van der Waals surface area contributed by atoms with Crippen LogP contribution < -0.4 is 0 Å². The summed E-state index contributed by atoms with van der Waals surface area (Å²) in [5.74, 6) is 0.186. The highest BCUT2D eigenvalue weighted by molar-refractivity contribution is 7.91. The Morgan fingerprint density at radius 2 is 2.12 bits per heavy atom. The number of aromatic nitrogens is 2. The van der Waals surface area contributed by atoms with Gasteiger partial charge in [0, 0.05) is 21.8 Å².